The highest BCUT2D eigenvalue weighted by molar-refractivity contribution is 5.91. The van der Waals surface area contributed by atoms with Crippen molar-refractivity contribution in [3.63, 3.8) is 0 Å². The third-order valence-electron chi connectivity index (χ3n) is 4.75. The Hall–Kier alpha value is -0.610. The predicted octanol–water partition coefficient (Wildman–Crippen LogP) is 1.03. The van der Waals surface area contributed by atoms with E-state index >= 15 is 0 Å². The Morgan fingerprint density at radius 1 is 1.44 bits per heavy atom. The average molecular weight is 251 g/mol. The molecule has 18 heavy (non-hydrogen) atoms. The van der Waals surface area contributed by atoms with E-state index < -0.39 is 0 Å². The highest BCUT2D eigenvalue weighted by Gasteiger charge is 2.58. The predicted molar refractivity (Wildman–Crippen MR) is 71.1 cm³/mol. The van der Waals surface area contributed by atoms with Crippen molar-refractivity contribution in [2.24, 2.45) is 5.92 Å². The van der Waals surface area contributed by atoms with Crippen LogP contribution in [-0.4, -0.2) is 54.1 Å². The highest BCUT2D eigenvalue weighted by atomic mass is 16.2. The van der Waals surface area contributed by atoms with E-state index in [-0.39, 0.29) is 5.54 Å². The van der Waals surface area contributed by atoms with Gasteiger partial charge in [0.2, 0.25) is 5.91 Å². The minimum atomic E-state index is -0.135. The Bertz CT molecular complexity index is 340. The van der Waals surface area contributed by atoms with E-state index in [4.69, 9.17) is 0 Å². The SMILES string of the molecule is CCCC1NC2(CC2)C(=O)N1CC1CCN(C)C1. The molecule has 0 bridgehead atoms. The van der Waals surface area contributed by atoms with Crippen LogP contribution in [0.4, 0.5) is 0 Å². The van der Waals surface area contributed by atoms with Crippen LogP contribution in [0.5, 0.6) is 0 Å². The van der Waals surface area contributed by atoms with E-state index in [0.29, 0.717) is 18.0 Å². The summed E-state index contributed by atoms with van der Waals surface area (Å²) in [5, 5.41) is 3.59. The van der Waals surface area contributed by atoms with Crippen LogP contribution in [0, 0.1) is 5.92 Å². The van der Waals surface area contributed by atoms with Gasteiger partial charge in [0.1, 0.15) is 0 Å². The highest BCUT2D eigenvalue weighted by Crippen LogP contribution is 2.43. The van der Waals surface area contributed by atoms with Crippen LogP contribution in [0.1, 0.15) is 39.0 Å². The smallest absolute Gasteiger partial charge is 0.244 e. The molecule has 2 atom stereocenters. The molecular formula is C14H25N3O. The van der Waals surface area contributed by atoms with Crippen LogP contribution in [0.2, 0.25) is 0 Å². The molecule has 1 spiro atoms. The van der Waals surface area contributed by atoms with Crippen LogP contribution in [0.3, 0.4) is 0 Å². The molecule has 1 N–H and O–H groups in total. The van der Waals surface area contributed by atoms with Crippen molar-refractivity contribution in [3.8, 4) is 0 Å². The summed E-state index contributed by atoms with van der Waals surface area (Å²) in [6.07, 6.45) is 5.88. The second-order valence-corrected chi connectivity index (χ2v) is 6.41. The zero-order valence-corrected chi connectivity index (χ0v) is 11.6. The Labute approximate surface area is 110 Å². The van der Waals surface area contributed by atoms with E-state index in [1.807, 2.05) is 0 Å². The van der Waals surface area contributed by atoms with Gasteiger partial charge in [-0.05, 0) is 45.2 Å². The van der Waals surface area contributed by atoms with Crippen LogP contribution in [0.25, 0.3) is 0 Å². The number of rotatable bonds is 4. The minimum Gasteiger partial charge on any atom is -0.325 e. The number of nitrogens with one attached hydrogen (secondary N) is 1. The average Bonchev–Trinajstić information content (AvgIpc) is 2.94. The number of likely N-dealkylation sites (tertiary alicyclic amines) is 1. The van der Waals surface area contributed by atoms with Crippen molar-refractivity contribution in [1.82, 2.24) is 15.1 Å². The maximum absolute atomic E-state index is 12.5. The summed E-state index contributed by atoms with van der Waals surface area (Å²) in [5.74, 6) is 1.06. The first-order valence-corrected chi connectivity index (χ1v) is 7.42. The zero-order chi connectivity index (χ0) is 12.8. The molecule has 0 radical (unpaired) electrons. The molecule has 2 unspecified atom stereocenters. The maximum atomic E-state index is 12.5. The van der Waals surface area contributed by atoms with Gasteiger partial charge in [-0.3, -0.25) is 10.1 Å². The van der Waals surface area contributed by atoms with Crippen molar-refractivity contribution in [1.29, 1.82) is 0 Å². The second kappa shape index (κ2) is 4.49. The lowest BCUT2D eigenvalue weighted by atomic mass is 10.1. The standard InChI is InChI=1S/C14H25N3O/c1-3-4-12-15-14(6-7-14)13(18)17(12)10-11-5-8-16(2)9-11/h11-12,15H,3-10H2,1-2H3. The van der Waals surface area contributed by atoms with E-state index in [0.717, 1.165) is 38.8 Å². The first-order chi connectivity index (χ1) is 8.64. The van der Waals surface area contributed by atoms with Crippen LogP contribution < -0.4 is 5.32 Å². The van der Waals surface area contributed by atoms with Crippen molar-refractivity contribution < 1.29 is 4.79 Å². The van der Waals surface area contributed by atoms with E-state index in [2.05, 4.69) is 29.1 Å². The van der Waals surface area contributed by atoms with Gasteiger partial charge in [-0.2, -0.15) is 0 Å². The van der Waals surface area contributed by atoms with Crippen molar-refractivity contribution in [3.05, 3.63) is 0 Å². The van der Waals surface area contributed by atoms with E-state index in [9.17, 15) is 4.79 Å². The van der Waals surface area contributed by atoms with Crippen molar-refractivity contribution in [2.75, 3.05) is 26.7 Å². The monoisotopic (exact) mass is 251 g/mol. The zero-order valence-electron chi connectivity index (χ0n) is 11.6. The summed E-state index contributed by atoms with van der Waals surface area (Å²) in [5.41, 5.74) is -0.135. The van der Waals surface area contributed by atoms with Gasteiger partial charge in [0.25, 0.3) is 0 Å². The number of amides is 1. The summed E-state index contributed by atoms with van der Waals surface area (Å²) in [7, 11) is 2.18. The van der Waals surface area contributed by atoms with Crippen LogP contribution in [-0.2, 0) is 4.79 Å². The summed E-state index contributed by atoms with van der Waals surface area (Å²) >= 11 is 0. The molecule has 4 nitrogen and oxygen atoms in total. The fraction of sp³-hybridized carbons (Fsp3) is 0.929. The largest absolute Gasteiger partial charge is 0.325 e. The topological polar surface area (TPSA) is 35.6 Å². The van der Waals surface area contributed by atoms with Gasteiger partial charge in [-0.15, -0.1) is 0 Å². The molecule has 2 heterocycles. The molecule has 2 aliphatic heterocycles. The van der Waals surface area contributed by atoms with E-state index in [1.54, 1.807) is 0 Å². The molecule has 0 aromatic carbocycles. The Kier molecular flexibility index (Phi) is 3.10. The summed E-state index contributed by atoms with van der Waals surface area (Å²) in [6.45, 7) is 5.49. The molecule has 3 fully saturated rings. The number of carbonyl (C=O) groups excluding carboxylic acids is 1. The normalized spacial score (nSPS) is 34.8. The van der Waals surface area contributed by atoms with Gasteiger partial charge in [0.15, 0.2) is 0 Å². The Balaban J connectivity index is 1.66. The maximum Gasteiger partial charge on any atom is 0.244 e. The van der Waals surface area contributed by atoms with Gasteiger partial charge < -0.3 is 9.80 Å². The molecule has 0 aromatic rings. The summed E-state index contributed by atoms with van der Waals surface area (Å²) in [4.78, 5) is 17.0. The molecule has 4 heteroatoms. The fourth-order valence-electron chi connectivity index (χ4n) is 3.52. The van der Waals surface area contributed by atoms with Crippen LogP contribution in [0.15, 0.2) is 0 Å². The Morgan fingerprint density at radius 3 is 2.78 bits per heavy atom. The van der Waals surface area contributed by atoms with Crippen molar-refractivity contribution >= 4 is 5.91 Å². The lowest BCUT2D eigenvalue weighted by Crippen LogP contribution is -2.40. The first-order valence-electron chi connectivity index (χ1n) is 7.42. The molecule has 3 aliphatic rings. The van der Waals surface area contributed by atoms with Gasteiger partial charge in [0, 0.05) is 13.1 Å². The van der Waals surface area contributed by atoms with Crippen molar-refractivity contribution in [2.45, 2.75) is 50.7 Å². The molecular weight excluding hydrogens is 226 g/mol. The molecule has 1 saturated carbocycles. The van der Waals surface area contributed by atoms with E-state index in [1.165, 1.54) is 13.0 Å². The summed E-state index contributed by atoms with van der Waals surface area (Å²) in [6, 6.07) is 0. The number of hydrogen-bond donors (Lipinski definition) is 1. The quantitative estimate of drug-likeness (QED) is 0.810. The molecule has 2 saturated heterocycles. The molecule has 1 amide bonds. The molecule has 0 aromatic heterocycles. The third-order valence-corrected chi connectivity index (χ3v) is 4.75. The van der Waals surface area contributed by atoms with Crippen LogP contribution >= 0.6 is 0 Å². The van der Waals surface area contributed by atoms with Gasteiger partial charge in [-0.25, -0.2) is 0 Å². The summed E-state index contributed by atoms with van der Waals surface area (Å²) < 4.78 is 0. The number of carbonyl (C=O) groups is 1. The Morgan fingerprint density at radius 2 is 2.22 bits per heavy atom. The molecule has 3 rings (SSSR count). The van der Waals surface area contributed by atoms with Gasteiger partial charge in [0.05, 0.1) is 11.7 Å². The first kappa shape index (κ1) is 12.4. The lowest BCUT2D eigenvalue weighted by Gasteiger charge is -2.26. The number of hydrogen-bond acceptors (Lipinski definition) is 3. The van der Waals surface area contributed by atoms with Gasteiger partial charge >= 0.3 is 0 Å². The number of nitrogens with zero attached hydrogens (tertiary/aromatic N) is 2. The van der Waals surface area contributed by atoms with Gasteiger partial charge in [-0.1, -0.05) is 13.3 Å². The lowest BCUT2D eigenvalue weighted by molar-refractivity contribution is -0.131. The minimum absolute atomic E-state index is 0.135. The second-order valence-electron chi connectivity index (χ2n) is 6.41. The third kappa shape index (κ3) is 2.05. The fourth-order valence-corrected chi connectivity index (χ4v) is 3.52. The molecule has 1 aliphatic carbocycles. The molecule has 102 valence electrons.